The summed E-state index contributed by atoms with van der Waals surface area (Å²) in [5.41, 5.74) is 0. The number of benzene rings is 1. The molecule has 3 nitrogen and oxygen atoms in total. The highest BCUT2D eigenvalue weighted by Crippen LogP contribution is 2.29. The van der Waals surface area contributed by atoms with Gasteiger partial charge in [-0.2, -0.15) is 0 Å². The lowest BCUT2D eigenvalue weighted by Crippen LogP contribution is -2.43. The highest BCUT2D eigenvalue weighted by molar-refractivity contribution is 8.00. The van der Waals surface area contributed by atoms with Crippen molar-refractivity contribution in [2.24, 2.45) is 0 Å². The van der Waals surface area contributed by atoms with E-state index in [9.17, 15) is 0 Å². The van der Waals surface area contributed by atoms with Crippen LogP contribution in [0, 0.1) is 0 Å². The molecule has 1 aromatic rings. The Morgan fingerprint density at radius 3 is 2.76 bits per heavy atom. The summed E-state index contributed by atoms with van der Waals surface area (Å²) in [5, 5.41) is 3.86. The number of hydrogen-bond donors (Lipinski definition) is 1. The summed E-state index contributed by atoms with van der Waals surface area (Å²) in [7, 11) is 3.71. The Morgan fingerprint density at radius 2 is 2.12 bits per heavy atom. The smallest absolute Gasteiger partial charge is 0.118 e. The van der Waals surface area contributed by atoms with Gasteiger partial charge in [0.25, 0.3) is 0 Å². The van der Waals surface area contributed by atoms with E-state index in [1.807, 2.05) is 30.9 Å². The summed E-state index contributed by atoms with van der Waals surface area (Å²) < 4.78 is 10.7. The van der Waals surface area contributed by atoms with Crippen LogP contribution in [0.25, 0.3) is 0 Å². The summed E-state index contributed by atoms with van der Waals surface area (Å²) >= 11 is 1.87. The van der Waals surface area contributed by atoms with E-state index in [-0.39, 0.29) is 0 Å². The Hall–Kier alpha value is -0.710. The summed E-state index contributed by atoms with van der Waals surface area (Å²) in [6.07, 6.45) is 1.09. The molecule has 0 saturated carbocycles. The third kappa shape index (κ3) is 3.37. The lowest BCUT2D eigenvalue weighted by atomic mass is 10.1. The van der Waals surface area contributed by atoms with Gasteiger partial charge in [0, 0.05) is 22.8 Å². The maximum Gasteiger partial charge on any atom is 0.118 e. The van der Waals surface area contributed by atoms with Crippen LogP contribution in [-0.2, 0) is 4.74 Å². The first-order valence-electron chi connectivity index (χ1n) is 5.89. The molecule has 0 aromatic heterocycles. The maximum atomic E-state index is 5.55. The van der Waals surface area contributed by atoms with Gasteiger partial charge in [-0.3, -0.25) is 0 Å². The summed E-state index contributed by atoms with van der Waals surface area (Å²) in [4.78, 5) is 1.27. The third-order valence-corrected chi connectivity index (χ3v) is 4.33. The lowest BCUT2D eigenvalue weighted by Gasteiger charge is -2.30. The van der Waals surface area contributed by atoms with Gasteiger partial charge in [0.1, 0.15) is 5.75 Å². The van der Waals surface area contributed by atoms with Crippen LogP contribution in [0.3, 0.4) is 0 Å². The molecule has 94 valence electrons. The first-order valence-corrected chi connectivity index (χ1v) is 6.77. The van der Waals surface area contributed by atoms with Crippen molar-refractivity contribution < 1.29 is 9.47 Å². The number of ether oxygens (including phenoxy) is 2. The lowest BCUT2D eigenvalue weighted by molar-refractivity contribution is 0.0851. The van der Waals surface area contributed by atoms with Crippen molar-refractivity contribution in [3.8, 4) is 5.75 Å². The molecule has 0 radical (unpaired) electrons. The molecule has 1 N–H and O–H groups in total. The predicted octanol–water partition coefficient (Wildman–Crippen LogP) is 2.16. The van der Waals surface area contributed by atoms with E-state index >= 15 is 0 Å². The molecular weight excluding hydrogens is 234 g/mol. The molecule has 17 heavy (non-hydrogen) atoms. The minimum absolute atomic E-state index is 0.488. The topological polar surface area (TPSA) is 30.5 Å². The maximum absolute atomic E-state index is 5.55. The van der Waals surface area contributed by atoms with Gasteiger partial charge in [-0.25, -0.2) is 0 Å². The number of thioether (sulfide) groups is 1. The first-order chi connectivity index (χ1) is 8.33. The van der Waals surface area contributed by atoms with Gasteiger partial charge in [0.2, 0.25) is 0 Å². The van der Waals surface area contributed by atoms with E-state index in [1.54, 1.807) is 7.11 Å². The quantitative estimate of drug-likeness (QED) is 0.891. The fourth-order valence-corrected chi connectivity index (χ4v) is 3.23. The predicted molar refractivity (Wildman–Crippen MR) is 70.9 cm³/mol. The molecule has 0 amide bonds. The van der Waals surface area contributed by atoms with Gasteiger partial charge in [-0.15, -0.1) is 11.8 Å². The number of nitrogens with one attached hydrogen (secondary N) is 1. The van der Waals surface area contributed by atoms with Gasteiger partial charge in [-0.05, 0) is 37.7 Å². The molecule has 1 saturated heterocycles. The molecule has 1 aliphatic heterocycles. The van der Waals surface area contributed by atoms with Crippen LogP contribution in [-0.4, -0.2) is 38.7 Å². The Balaban J connectivity index is 1.98. The largest absolute Gasteiger partial charge is 0.497 e. The molecular formula is C13H19NO2S. The number of rotatable bonds is 4. The molecule has 1 aliphatic rings. The highest BCUT2D eigenvalue weighted by atomic mass is 32.2. The first kappa shape index (κ1) is 12.7. The van der Waals surface area contributed by atoms with E-state index in [2.05, 4.69) is 17.4 Å². The molecule has 2 atom stereocenters. The highest BCUT2D eigenvalue weighted by Gasteiger charge is 2.25. The summed E-state index contributed by atoms with van der Waals surface area (Å²) in [5.74, 6) is 0.902. The second kappa shape index (κ2) is 6.28. The standard InChI is InChI=1S/C13H19NO2S/c1-14-12-7-8-16-9-13(12)17-11-5-3-10(15-2)4-6-11/h3-6,12-14H,7-9H2,1-2H3. The van der Waals surface area contributed by atoms with Crippen LogP contribution >= 0.6 is 11.8 Å². The average molecular weight is 253 g/mol. The van der Waals surface area contributed by atoms with Crippen LogP contribution in [0.1, 0.15) is 6.42 Å². The third-order valence-electron chi connectivity index (χ3n) is 3.02. The fraction of sp³-hybridized carbons (Fsp3) is 0.538. The average Bonchev–Trinajstić information content (AvgIpc) is 2.40. The molecule has 1 heterocycles. The number of hydrogen-bond acceptors (Lipinski definition) is 4. The van der Waals surface area contributed by atoms with Crippen molar-refractivity contribution in [1.82, 2.24) is 5.32 Å². The second-order valence-corrected chi connectivity index (χ2v) is 5.40. The fourth-order valence-electron chi connectivity index (χ4n) is 1.99. The Kier molecular flexibility index (Phi) is 4.71. The van der Waals surface area contributed by atoms with Gasteiger partial charge in [0.15, 0.2) is 0 Å². The zero-order valence-electron chi connectivity index (χ0n) is 10.3. The van der Waals surface area contributed by atoms with Crippen LogP contribution in [0.2, 0.25) is 0 Å². The van der Waals surface area contributed by atoms with E-state index < -0.39 is 0 Å². The van der Waals surface area contributed by atoms with E-state index in [4.69, 9.17) is 9.47 Å². The number of methoxy groups -OCH3 is 1. The molecule has 4 heteroatoms. The van der Waals surface area contributed by atoms with Crippen LogP contribution in [0.5, 0.6) is 5.75 Å². The van der Waals surface area contributed by atoms with Crippen molar-refractivity contribution in [3.63, 3.8) is 0 Å². The van der Waals surface area contributed by atoms with Gasteiger partial charge < -0.3 is 14.8 Å². The molecule has 2 rings (SSSR count). The molecule has 0 spiro atoms. The Bertz CT molecular complexity index is 342. The van der Waals surface area contributed by atoms with Gasteiger partial charge in [-0.1, -0.05) is 0 Å². The molecule has 1 fully saturated rings. The minimum Gasteiger partial charge on any atom is -0.497 e. The van der Waals surface area contributed by atoms with Gasteiger partial charge >= 0.3 is 0 Å². The van der Waals surface area contributed by atoms with Gasteiger partial charge in [0.05, 0.1) is 13.7 Å². The van der Waals surface area contributed by atoms with Crippen molar-refractivity contribution in [1.29, 1.82) is 0 Å². The van der Waals surface area contributed by atoms with Crippen molar-refractivity contribution >= 4 is 11.8 Å². The van der Waals surface area contributed by atoms with Crippen molar-refractivity contribution in [2.45, 2.75) is 22.6 Å². The van der Waals surface area contributed by atoms with E-state index in [1.165, 1.54) is 4.90 Å². The second-order valence-electron chi connectivity index (χ2n) is 4.09. The van der Waals surface area contributed by atoms with E-state index in [0.717, 1.165) is 25.4 Å². The van der Waals surface area contributed by atoms with Crippen molar-refractivity contribution in [3.05, 3.63) is 24.3 Å². The Labute approximate surface area is 107 Å². The summed E-state index contributed by atoms with van der Waals surface area (Å²) in [6, 6.07) is 8.74. The molecule has 1 aromatic carbocycles. The van der Waals surface area contributed by atoms with E-state index in [0.29, 0.717) is 11.3 Å². The Morgan fingerprint density at radius 1 is 1.35 bits per heavy atom. The van der Waals surface area contributed by atoms with Crippen LogP contribution in [0.15, 0.2) is 29.2 Å². The zero-order chi connectivity index (χ0) is 12.1. The monoisotopic (exact) mass is 253 g/mol. The molecule has 0 aliphatic carbocycles. The van der Waals surface area contributed by atoms with Crippen molar-refractivity contribution in [2.75, 3.05) is 27.4 Å². The van der Waals surface area contributed by atoms with Crippen LogP contribution < -0.4 is 10.1 Å². The summed E-state index contributed by atoms with van der Waals surface area (Å²) in [6.45, 7) is 1.69. The SMILES string of the molecule is CNC1CCOCC1Sc1ccc(OC)cc1. The molecule has 2 unspecified atom stereocenters. The zero-order valence-corrected chi connectivity index (χ0v) is 11.1. The minimum atomic E-state index is 0.488. The molecule has 0 bridgehead atoms. The van der Waals surface area contributed by atoms with Crippen LogP contribution in [0.4, 0.5) is 0 Å². The normalized spacial score (nSPS) is 24.6.